The van der Waals surface area contributed by atoms with E-state index in [1.54, 1.807) is 35.6 Å². The minimum Gasteiger partial charge on any atom is -0.345 e. The molecule has 0 aromatic heterocycles. The van der Waals surface area contributed by atoms with Gasteiger partial charge in [0.2, 0.25) is 18.2 Å². The number of hydrogen-bond donors (Lipinski definition) is 0. The number of amides is 3. The molecule has 0 atom stereocenters. The van der Waals surface area contributed by atoms with Crippen LogP contribution >= 0.6 is 0 Å². The van der Waals surface area contributed by atoms with Crippen LogP contribution in [0, 0.1) is 5.41 Å². The maximum atomic E-state index is 12.6. The lowest BCUT2D eigenvalue weighted by Crippen LogP contribution is -2.55. The van der Waals surface area contributed by atoms with E-state index < -0.39 is 5.41 Å². The van der Waals surface area contributed by atoms with Crippen LogP contribution in [0.15, 0.2) is 0 Å². The fourth-order valence-corrected chi connectivity index (χ4v) is 2.49. The second-order valence-electron chi connectivity index (χ2n) is 6.14. The van der Waals surface area contributed by atoms with Crippen LogP contribution in [0.5, 0.6) is 0 Å². The van der Waals surface area contributed by atoms with Crippen LogP contribution in [0.4, 0.5) is 0 Å². The highest BCUT2D eigenvalue weighted by Crippen LogP contribution is 2.23. The highest BCUT2D eigenvalue weighted by molar-refractivity contribution is 6.04. The van der Waals surface area contributed by atoms with Crippen molar-refractivity contribution in [3.63, 3.8) is 0 Å². The summed E-state index contributed by atoms with van der Waals surface area (Å²) in [7, 11) is 1.75. The maximum Gasteiger partial charge on any atom is 0.237 e. The van der Waals surface area contributed by atoms with Gasteiger partial charge in [-0.3, -0.25) is 14.4 Å². The minimum atomic E-state index is -1.05. The Morgan fingerprint density at radius 2 is 1.76 bits per heavy atom. The third kappa shape index (κ3) is 4.19. The molecule has 0 spiro atoms. The quantitative estimate of drug-likeness (QED) is 0.532. The first-order chi connectivity index (χ1) is 9.84. The summed E-state index contributed by atoms with van der Waals surface area (Å²) < 4.78 is 0. The first-order valence-electron chi connectivity index (χ1n) is 7.58. The first-order valence-corrected chi connectivity index (χ1v) is 7.58. The van der Waals surface area contributed by atoms with Gasteiger partial charge in [-0.15, -0.1) is 0 Å². The zero-order valence-electron chi connectivity index (χ0n) is 13.6. The molecule has 1 aliphatic rings. The molecular weight excluding hydrogens is 270 g/mol. The molecule has 0 N–H and O–H groups in total. The van der Waals surface area contributed by atoms with Crippen molar-refractivity contribution in [1.82, 2.24) is 14.7 Å². The molecule has 1 aliphatic heterocycles. The lowest BCUT2D eigenvalue weighted by Gasteiger charge is -2.38. The molecule has 6 nitrogen and oxygen atoms in total. The summed E-state index contributed by atoms with van der Waals surface area (Å²) in [4.78, 5) is 40.8. The predicted octanol–water partition coefficient (Wildman–Crippen LogP) is 0.572. The van der Waals surface area contributed by atoms with Gasteiger partial charge in [-0.25, -0.2) is 0 Å². The smallest absolute Gasteiger partial charge is 0.237 e. The second kappa shape index (κ2) is 7.43. The van der Waals surface area contributed by atoms with E-state index in [9.17, 15) is 14.4 Å². The van der Waals surface area contributed by atoms with Crippen molar-refractivity contribution in [2.45, 2.75) is 33.6 Å². The minimum absolute atomic E-state index is 0.140. The van der Waals surface area contributed by atoms with E-state index in [4.69, 9.17) is 0 Å². The molecule has 0 unspecified atom stereocenters. The van der Waals surface area contributed by atoms with E-state index in [-0.39, 0.29) is 11.8 Å². The zero-order chi connectivity index (χ0) is 16.0. The van der Waals surface area contributed by atoms with Gasteiger partial charge in [-0.1, -0.05) is 13.3 Å². The van der Waals surface area contributed by atoms with Crippen LogP contribution in [0.3, 0.4) is 0 Å². The standard InChI is InChI=1S/C15H27N3O3/c1-5-6-7-16(4)13(20)15(2,3)14(21)18-10-8-17(12-19)9-11-18/h12H,5-11H2,1-4H3. The SMILES string of the molecule is CCCCN(C)C(=O)C(C)(C)C(=O)N1CCN(C=O)CC1. The van der Waals surface area contributed by atoms with Crippen LogP contribution in [0.2, 0.25) is 0 Å². The summed E-state index contributed by atoms with van der Waals surface area (Å²) >= 11 is 0. The van der Waals surface area contributed by atoms with Crippen molar-refractivity contribution in [2.24, 2.45) is 5.41 Å². The summed E-state index contributed by atoms with van der Waals surface area (Å²) in [6, 6.07) is 0. The fraction of sp³-hybridized carbons (Fsp3) is 0.800. The number of carbonyl (C=O) groups excluding carboxylic acids is 3. The Labute approximate surface area is 127 Å². The highest BCUT2D eigenvalue weighted by Gasteiger charge is 2.41. The number of carbonyl (C=O) groups is 3. The molecule has 1 saturated heterocycles. The van der Waals surface area contributed by atoms with Crippen molar-refractivity contribution in [1.29, 1.82) is 0 Å². The summed E-state index contributed by atoms with van der Waals surface area (Å²) in [6.07, 6.45) is 2.75. The van der Waals surface area contributed by atoms with Gasteiger partial charge in [0.1, 0.15) is 5.41 Å². The Morgan fingerprint density at radius 3 is 2.24 bits per heavy atom. The molecule has 0 bridgehead atoms. The Bertz CT molecular complexity index is 388. The zero-order valence-corrected chi connectivity index (χ0v) is 13.6. The van der Waals surface area contributed by atoms with Gasteiger partial charge < -0.3 is 14.7 Å². The van der Waals surface area contributed by atoms with Crippen LogP contribution in [-0.2, 0) is 14.4 Å². The average molecular weight is 297 g/mol. The summed E-state index contributed by atoms with van der Waals surface area (Å²) in [5.41, 5.74) is -1.05. The monoisotopic (exact) mass is 297 g/mol. The molecule has 1 heterocycles. The molecule has 0 aliphatic carbocycles. The van der Waals surface area contributed by atoms with Crippen LogP contribution < -0.4 is 0 Å². The topological polar surface area (TPSA) is 60.9 Å². The number of rotatable bonds is 6. The van der Waals surface area contributed by atoms with Crippen molar-refractivity contribution in [2.75, 3.05) is 39.8 Å². The fourth-order valence-electron chi connectivity index (χ4n) is 2.49. The van der Waals surface area contributed by atoms with E-state index >= 15 is 0 Å². The molecule has 120 valence electrons. The van der Waals surface area contributed by atoms with Gasteiger partial charge in [-0.05, 0) is 20.3 Å². The molecule has 3 amide bonds. The largest absolute Gasteiger partial charge is 0.345 e. The van der Waals surface area contributed by atoms with Crippen molar-refractivity contribution < 1.29 is 14.4 Å². The molecule has 1 rings (SSSR count). The lowest BCUT2D eigenvalue weighted by molar-refractivity contribution is -0.155. The van der Waals surface area contributed by atoms with Gasteiger partial charge in [0.05, 0.1) is 0 Å². The number of nitrogens with zero attached hydrogens (tertiary/aromatic N) is 3. The third-order valence-electron chi connectivity index (χ3n) is 4.01. The second-order valence-corrected chi connectivity index (χ2v) is 6.14. The number of hydrogen-bond acceptors (Lipinski definition) is 3. The average Bonchev–Trinajstić information content (AvgIpc) is 2.50. The van der Waals surface area contributed by atoms with Gasteiger partial charge in [-0.2, -0.15) is 0 Å². The summed E-state index contributed by atoms with van der Waals surface area (Å²) in [6.45, 7) is 8.17. The number of unbranched alkanes of at least 4 members (excludes halogenated alkanes) is 1. The molecule has 0 aromatic rings. The molecule has 1 fully saturated rings. The Balaban J connectivity index is 2.66. The molecule has 0 aromatic carbocycles. The summed E-state index contributed by atoms with van der Waals surface area (Å²) in [5.74, 6) is -0.292. The molecule has 0 saturated carbocycles. The molecule has 0 radical (unpaired) electrons. The molecule has 21 heavy (non-hydrogen) atoms. The van der Waals surface area contributed by atoms with E-state index in [1.165, 1.54) is 0 Å². The highest BCUT2D eigenvalue weighted by atomic mass is 16.2. The Kier molecular flexibility index (Phi) is 6.18. The van der Waals surface area contributed by atoms with Gasteiger partial charge in [0, 0.05) is 39.8 Å². The van der Waals surface area contributed by atoms with Crippen molar-refractivity contribution in [3.05, 3.63) is 0 Å². The maximum absolute atomic E-state index is 12.6. The lowest BCUT2D eigenvalue weighted by atomic mass is 9.89. The van der Waals surface area contributed by atoms with Crippen LogP contribution in [0.1, 0.15) is 33.6 Å². The van der Waals surface area contributed by atoms with E-state index in [0.717, 1.165) is 19.3 Å². The Hall–Kier alpha value is -1.59. The van der Waals surface area contributed by atoms with Gasteiger partial charge in [0.15, 0.2) is 0 Å². The van der Waals surface area contributed by atoms with Crippen LogP contribution in [0.25, 0.3) is 0 Å². The van der Waals surface area contributed by atoms with Crippen LogP contribution in [-0.4, -0.2) is 72.7 Å². The van der Waals surface area contributed by atoms with Gasteiger partial charge in [0.25, 0.3) is 0 Å². The first kappa shape index (κ1) is 17.5. The Morgan fingerprint density at radius 1 is 1.19 bits per heavy atom. The van der Waals surface area contributed by atoms with E-state index in [1.807, 2.05) is 0 Å². The van der Waals surface area contributed by atoms with E-state index in [0.29, 0.717) is 32.7 Å². The predicted molar refractivity (Wildman–Crippen MR) is 80.5 cm³/mol. The van der Waals surface area contributed by atoms with Gasteiger partial charge >= 0.3 is 0 Å². The number of piperazine rings is 1. The third-order valence-corrected chi connectivity index (χ3v) is 4.01. The molecule has 6 heteroatoms. The van der Waals surface area contributed by atoms with E-state index in [2.05, 4.69) is 6.92 Å². The van der Waals surface area contributed by atoms with Crippen molar-refractivity contribution in [3.8, 4) is 0 Å². The normalized spacial score (nSPS) is 15.8. The molecular formula is C15H27N3O3. The van der Waals surface area contributed by atoms with Crippen molar-refractivity contribution >= 4 is 18.2 Å². The summed E-state index contributed by atoms with van der Waals surface area (Å²) in [5, 5.41) is 0.